The first kappa shape index (κ1) is 25.2. The number of rotatable bonds is 11. The van der Waals surface area contributed by atoms with Gasteiger partial charge < -0.3 is 15.4 Å². The molecule has 0 aliphatic carbocycles. The van der Waals surface area contributed by atoms with Crippen molar-refractivity contribution in [1.29, 1.82) is 0 Å². The number of hydrogen-bond acceptors (Lipinski definition) is 4. The third kappa shape index (κ3) is 11.1. The van der Waals surface area contributed by atoms with Crippen molar-refractivity contribution in [1.82, 2.24) is 10.6 Å². The minimum Gasteiger partial charge on any atom is -0.492 e. The van der Waals surface area contributed by atoms with Gasteiger partial charge in [0, 0.05) is 13.1 Å². The van der Waals surface area contributed by atoms with Crippen LogP contribution < -0.4 is 15.4 Å². The molecular formula is C21H30IN3O3S. The van der Waals surface area contributed by atoms with Crippen molar-refractivity contribution in [2.75, 3.05) is 32.0 Å². The molecule has 0 fully saturated rings. The van der Waals surface area contributed by atoms with Gasteiger partial charge in [0.15, 0.2) is 15.8 Å². The molecule has 0 spiro atoms. The van der Waals surface area contributed by atoms with E-state index in [1.807, 2.05) is 67.6 Å². The van der Waals surface area contributed by atoms with Crippen molar-refractivity contribution in [2.24, 2.45) is 4.99 Å². The average molecular weight is 531 g/mol. The van der Waals surface area contributed by atoms with Crippen LogP contribution >= 0.6 is 24.0 Å². The van der Waals surface area contributed by atoms with Crippen LogP contribution in [0, 0.1) is 0 Å². The Balaban J connectivity index is 0.00000420. The summed E-state index contributed by atoms with van der Waals surface area (Å²) in [5, 5.41) is 6.35. The van der Waals surface area contributed by atoms with Gasteiger partial charge in [-0.2, -0.15) is 0 Å². The van der Waals surface area contributed by atoms with E-state index >= 15 is 0 Å². The summed E-state index contributed by atoms with van der Waals surface area (Å²) in [6.45, 7) is 4.29. The normalized spacial score (nSPS) is 11.4. The Morgan fingerprint density at radius 2 is 1.66 bits per heavy atom. The molecule has 0 unspecified atom stereocenters. The van der Waals surface area contributed by atoms with Crippen LogP contribution in [-0.4, -0.2) is 46.4 Å². The van der Waals surface area contributed by atoms with Gasteiger partial charge in [-0.1, -0.05) is 48.5 Å². The minimum absolute atomic E-state index is 0. The summed E-state index contributed by atoms with van der Waals surface area (Å²) < 4.78 is 30.1. The Morgan fingerprint density at radius 1 is 1.00 bits per heavy atom. The van der Waals surface area contributed by atoms with E-state index in [-0.39, 0.29) is 35.5 Å². The van der Waals surface area contributed by atoms with Gasteiger partial charge in [0.1, 0.15) is 12.4 Å². The molecule has 0 heterocycles. The standard InChI is InChI=1S/C21H29N3O3S.HI/c1-2-22-21(24-15-16-27-20-12-7-4-8-13-20)23-14-9-17-28(25,26)18-19-10-5-3-6-11-19;/h3-8,10-13H,2,9,14-18H2,1H3,(H2,22,23,24);1H. The molecule has 2 aromatic carbocycles. The Morgan fingerprint density at radius 3 is 2.31 bits per heavy atom. The summed E-state index contributed by atoms with van der Waals surface area (Å²) in [4.78, 5) is 4.44. The SMILES string of the molecule is CCNC(=NCCCS(=O)(=O)Cc1ccccc1)NCCOc1ccccc1.I. The second-order valence-electron chi connectivity index (χ2n) is 6.28. The van der Waals surface area contributed by atoms with Crippen LogP contribution in [0.1, 0.15) is 18.9 Å². The van der Waals surface area contributed by atoms with Gasteiger partial charge in [-0.05, 0) is 31.0 Å². The van der Waals surface area contributed by atoms with E-state index in [9.17, 15) is 8.42 Å². The molecule has 160 valence electrons. The number of para-hydroxylation sites is 1. The first-order valence-corrected chi connectivity index (χ1v) is 11.4. The molecule has 0 saturated heterocycles. The Hall–Kier alpha value is -1.81. The molecule has 0 radical (unpaired) electrons. The molecule has 0 aliphatic heterocycles. The summed E-state index contributed by atoms with van der Waals surface area (Å²) in [5.41, 5.74) is 0.819. The predicted molar refractivity (Wildman–Crippen MR) is 130 cm³/mol. The van der Waals surface area contributed by atoms with Crippen molar-refractivity contribution in [3.63, 3.8) is 0 Å². The highest BCUT2D eigenvalue weighted by atomic mass is 127. The summed E-state index contributed by atoms with van der Waals surface area (Å²) in [6, 6.07) is 18.9. The highest BCUT2D eigenvalue weighted by molar-refractivity contribution is 14.0. The second kappa shape index (κ2) is 14.2. The zero-order valence-electron chi connectivity index (χ0n) is 16.7. The van der Waals surface area contributed by atoms with Gasteiger partial charge in [0.2, 0.25) is 0 Å². The highest BCUT2D eigenvalue weighted by Gasteiger charge is 2.11. The van der Waals surface area contributed by atoms with Gasteiger partial charge in [0.25, 0.3) is 0 Å². The molecular weight excluding hydrogens is 501 g/mol. The lowest BCUT2D eigenvalue weighted by Crippen LogP contribution is -2.39. The lowest BCUT2D eigenvalue weighted by atomic mass is 10.2. The summed E-state index contributed by atoms with van der Waals surface area (Å²) in [6.07, 6.45) is 0.492. The summed E-state index contributed by atoms with van der Waals surface area (Å²) in [5.74, 6) is 1.70. The number of nitrogens with zero attached hydrogens (tertiary/aromatic N) is 1. The summed E-state index contributed by atoms with van der Waals surface area (Å²) >= 11 is 0. The molecule has 2 aromatic rings. The van der Waals surface area contributed by atoms with Gasteiger partial charge in [-0.3, -0.25) is 4.99 Å². The summed E-state index contributed by atoms with van der Waals surface area (Å²) in [7, 11) is -3.13. The maximum absolute atomic E-state index is 12.2. The van der Waals surface area contributed by atoms with E-state index in [4.69, 9.17) is 4.74 Å². The van der Waals surface area contributed by atoms with E-state index in [2.05, 4.69) is 15.6 Å². The van der Waals surface area contributed by atoms with E-state index in [1.54, 1.807) is 0 Å². The van der Waals surface area contributed by atoms with Crippen molar-refractivity contribution < 1.29 is 13.2 Å². The Kier molecular flexibility index (Phi) is 12.4. The zero-order valence-corrected chi connectivity index (χ0v) is 19.9. The first-order chi connectivity index (χ1) is 13.6. The topological polar surface area (TPSA) is 79.8 Å². The van der Waals surface area contributed by atoms with E-state index in [0.29, 0.717) is 32.1 Å². The Labute approximate surface area is 191 Å². The van der Waals surface area contributed by atoms with Crippen LogP contribution in [0.25, 0.3) is 0 Å². The van der Waals surface area contributed by atoms with Crippen molar-refractivity contribution in [3.8, 4) is 5.75 Å². The number of halogens is 1. The van der Waals surface area contributed by atoms with Crippen LogP contribution in [0.15, 0.2) is 65.7 Å². The van der Waals surface area contributed by atoms with Crippen LogP contribution in [0.3, 0.4) is 0 Å². The number of aliphatic imine (C=N–C) groups is 1. The fraction of sp³-hybridized carbons (Fsp3) is 0.381. The molecule has 0 bridgehead atoms. The largest absolute Gasteiger partial charge is 0.492 e. The minimum atomic E-state index is -3.13. The maximum Gasteiger partial charge on any atom is 0.191 e. The van der Waals surface area contributed by atoms with Gasteiger partial charge in [0.05, 0.1) is 18.1 Å². The van der Waals surface area contributed by atoms with Crippen molar-refractivity contribution >= 4 is 39.8 Å². The molecule has 0 amide bonds. The molecule has 0 aromatic heterocycles. The molecule has 2 rings (SSSR count). The molecule has 29 heavy (non-hydrogen) atoms. The monoisotopic (exact) mass is 531 g/mol. The average Bonchev–Trinajstić information content (AvgIpc) is 2.69. The number of benzene rings is 2. The third-order valence-corrected chi connectivity index (χ3v) is 5.55. The molecule has 0 atom stereocenters. The maximum atomic E-state index is 12.2. The van der Waals surface area contributed by atoms with Crippen LogP contribution in [0.5, 0.6) is 5.75 Å². The fourth-order valence-corrected chi connectivity index (χ4v) is 3.99. The molecule has 8 heteroatoms. The molecule has 6 nitrogen and oxygen atoms in total. The smallest absolute Gasteiger partial charge is 0.191 e. The first-order valence-electron chi connectivity index (χ1n) is 9.53. The predicted octanol–water partition coefficient (Wildman–Crippen LogP) is 3.24. The van der Waals surface area contributed by atoms with E-state index in [1.165, 1.54) is 0 Å². The molecule has 2 N–H and O–H groups in total. The van der Waals surface area contributed by atoms with Gasteiger partial charge in [-0.15, -0.1) is 24.0 Å². The van der Waals surface area contributed by atoms with Crippen molar-refractivity contribution in [3.05, 3.63) is 66.2 Å². The zero-order chi connectivity index (χ0) is 20.1. The lowest BCUT2D eigenvalue weighted by molar-refractivity contribution is 0.322. The molecule has 0 saturated carbocycles. The van der Waals surface area contributed by atoms with E-state index in [0.717, 1.165) is 17.9 Å². The molecule has 0 aliphatic rings. The highest BCUT2D eigenvalue weighted by Crippen LogP contribution is 2.08. The number of nitrogens with one attached hydrogen (secondary N) is 2. The number of hydrogen-bond donors (Lipinski definition) is 2. The van der Waals surface area contributed by atoms with Crippen LogP contribution in [0.2, 0.25) is 0 Å². The number of sulfone groups is 1. The lowest BCUT2D eigenvalue weighted by Gasteiger charge is -2.12. The van der Waals surface area contributed by atoms with Gasteiger partial charge in [-0.25, -0.2) is 8.42 Å². The van der Waals surface area contributed by atoms with Crippen molar-refractivity contribution in [2.45, 2.75) is 19.1 Å². The van der Waals surface area contributed by atoms with Crippen LogP contribution in [-0.2, 0) is 15.6 Å². The Bertz CT molecular complexity index is 816. The van der Waals surface area contributed by atoms with Gasteiger partial charge >= 0.3 is 0 Å². The quantitative estimate of drug-likeness (QED) is 0.202. The van der Waals surface area contributed by atoms with E-state index < -0.39 is 9.84 Å². The fourth-order valence-electron chi connectivity index (χ4n) is 2.57. The number of ether oxygens (including phenoxy) is 1. The number of guanidine groups is 1. The second-order valence-corrected chi connectivity index (χ2v) is 8.46. The third-order valence-electron chi connectivity index (χ3n) is 3.86. The van der Waals surface area contributed by atoms with Crippen LogP contribution in [0.4, 0.5) is 0 Å².